The lowest BCUT2D eigenvalue weighted by molar-refractivity contribution is -0.134. The van der Waals surface area contributed by atoms with Crippen LogP contribution in [0.5, 0.6) is 0 Å². The number of rotatable bonds is 5. The predicted octanol–water partition coefficient (Wildman–Crippen LogP) is 1.39. The standard InChI is InChI=1S/C11H11N3O4S/c1-3-18-10(15)8(6-12)14-13-7-4-5-19-9(7)11(16)17-2/h4-5,13H,3H2,1-2H3. The lowest BCUT2D eigenvalue weighted by Gasteiger charge is -2.02. The fourth-order valence-electron chi connectivity index (χ4n) is 1.08. The SMILES string of the molecule is CCOC(=O)C(C#N)=NNc1ccsc1C(=O)OC. The molecule has 0 bridgehead atoms. The maximum absolute atomic E-state index is 11.4. The Hall–Kier alpha value is -2.40. The Bertz CT molecular complexity index is 544. The summed E-state index contributed by atoms with van der Waals surface area (Å²) in [6.45, 7) is 1.76. The van der Waals surface area contributed by atoms with Crippen LogP contribution in [0.1, 0.15) is 16.6 Å². The molecule has 0 radical (unpaired) electrons. The van der Waals surface area contributed by atoms with Crippen LogP contribution in [0.3, 0.4) is 0 Å². The Morgan fingerprint density at radius 1 is 1.58 bits per heavy atom. The van der Waals surface area contributed by atoms with Crippen molar-refractivity contribution in [3.8, 4) is 6.07 Å². The van der Waals surface area contributed by atoms with Gasteiger partial charge < -0.3 is 9.47 Å². The van der Waals surface area contributed by atoms with Crippen molar-refractivity contribution >= 4 is 34.7 Å². The van der Waals surface area contributed by atoms with Crippen molar-refractivity contribution < 1.29 is 19.1 Å². The van der Waals surface area contributed by atoms with Gasteiger partial charge in [-0.1, -0.05) is 0 Å². The maximum Gasteiger partial charge on any atom is 0.369 e. The van der Waals surface area contributed by atoms with E-state index < -0.39 is 17.7 Å². The van der Waals surface area contributed by atoms with Gasteiger partial charge in [0.1, 0.15) is 10.9 Å². The molecule has 1 rings (SSSR count). The van der Waals surface area contributed by atoms with Crippen LogP contribution in [-0.2, 0) is 14.3 Å². The summed E-state index contributed by atoms with van der Waals surface area (Å²) in [7, 11) is 1.26. The van der Waals surface area contributed by atoms with Gasteiger partial charge in [0, 0.05) is 0 Å². The molecule has 0 amide bonds. The molecular weight excluding hydrogens is 270 g/mol. The van der Waals surface area contributed by atoms with E-state index >= 15 is 0 Å². The minimum Gasteiger partial charge on any atom is -0.465 e. The van der Waals surface area contributed by atoms with Crippen molar-refractivity contribution in [2.45, 2.75) is 6.92 Å². The van der Waals surface area contributed by atoms with Gasteiger partial charge in [-0.15, -0.1) is 11.3 Å². The van der Waals surface area contributed by atoms with E-state index in [9.17, 15) is 9.59 Å². The molecule has 0 fully saturated rings. The summed E-state index contributed by atoms with van der Waals surface area (Å²) in [5, 5.41) is 14.0. The van der Waals surface area contributed by atoms with Crippen molar-refractivity contribution in [1.82, 2.24) is 0 Å². The molecule has 0 aromatic carbocycles. The maximum atomic E-state index is 11.4. The molecule has 0 atom stereocenters. The van der Waals surface area contributed by atoms with Crippen molar-refractivity contribution in [2.24, 2.45) is 5.10 Å². The first-order valence-corrected chi connectivity index (χ1v) is 6.08. The molecule has 0 aliphatic rings. The zero-order chi connectivity index (χ0) is 14.3. The predicted molar refractivity (Wildman–Crippen MR) is 69.0 cm³/mol. The highest BCUT2D eigenvalue weighted by Crippen LogP contribution is 2.22. The summed E-state index contributed by atoms with van der Waals surface area (Å²) in [5.74, 6) is -1.35. The average molecular weight is 281 g/mol. The molecule has 0 aliphatic heterocycles. The highest BCUT2D eigenvalue weighted by atomic mass is 32.1. The van der Waals surface area contributed by atoms with Crippen LogP contribution in [0.25, 0.3) is 0 Å². The van der Waals surface area contributed by atoms with Crippen LogP contribution in [-0.4, -0.2) is 31.4 Å². The van der Waals surface area contributed by atoms with Gasteiger partial charge in [-0.05, 0) is 18.4 Å². The Kier molecular flexibility index (Phi) is 5.50. The quantitative estimate of drug-likeness (QED) is 0.497. The molecule has 1 heterocycles. The number of nitriles is 1. The van der Waals surface area contributed by atoms with E-state index in [4.69, 9.17) is 5.26 Å². The number of thiophene rings is 1. The van der Waals surface area contributed by atoms with Gasteiger partial charge in [0.05, 0.1) is 19.4 Å². The van der Waals surface area contributed by atoms with Gasteiger partial charge in [-0.3, -0.25) is 5.43 Å². The molecule has 0 unspecified atom stereocenters. The summed E-state index contributed by atoms with van der Waals surface area (Å²) in [6.07, 6.45) is 0. The zero-order valence-electron chi connectivity index (χ0n) is 10.3. The van der Waals surface area contributed by atoms with E-state index in [0.717, 1.165) is 11.3 Å². The number of hydrogen-bond donors (Lipinski definition) is 1. The lowest BCUT2D eigenvalue weighted by atomic mass is 10.4. The van der Waals surface area contributed by atoms with E-state index in [1.807, 2.05) is 0 Å². The first kappa shape index (κ1) is 14.7. The molecular formula is C11H11N3O4S. The van der Waals surface area contributed by atoms with Crippen LogP contribution in [0, 0.1) is 11.3 Å². The number of nitrogens with one attached hydrogen (secondary N) is 1. The van der Waals surface area contributed by atoms with Crippen molar-refractivity contribution in [3.05, 3.63) is 16.3 Å². The van der Waals surface area contributed by atoms with E-state index in [0.29, 0.717) is 10.6 Å². The van der Waals surface area contributed by atoms with Crippen molar-refractivity contribution in [3.63, 3.8) is 0 Å². The van der Waals surface area contributed by atoms with Crippen LogP contribution < -0.4 is 5.43 Å². The second-order valence-electron chi connectivity index (χ2n) is 3.06. The molecule has 0 aliphatic carbocycles. The summed E-state index contributed by atoms with van der Waals surface area (Å²) in [6, 6.07) is 3.20. The Balaban J connectivity index is 2.85. The second kappa shape index (κ2) is 7.13. The molecule has 19 heavy (non-hydrogen) atoms. The second-order valence-corrected chi connectivity index (χ2v) is 3.98. The number of carbonyl (C=O) groups excluding carboxylic acids is 2. The average Bonchev–Trinajstić information content (AvgIpc) is 2.87. The van der Waals surface area contributed by atoms with Gasteiger partial charge >= 0.3 is 11.9 Å². The molecule has 1 aromatic rings. The number of hydrogen-bond acceptors (Lipinski definition) is 8. The topological polar surface area (TPSA) is 101 Å². The van der Waals surface area contributed by atoms with Gasteiger partial charge in [0.2, 0.25) is 5.71 Å². The largest absolute Gasteiger partial charge is 0.465 e. The zero-order valence-corrected chi connectivity index (χ0v) is 11.1. The lowest BCUT2D eigenvalue weighted by Crippen LogP contribution is -2.17. The summed E-state index contributed by atoms with van der Waals surface area (Å²) < 4.78 is 9.22. The van der Waals surface area contributed by atoms with Crippen LogP contribution in [0.4, 0.5) is 5.69 Å². The number of methoxy groups -OCH3 is 1. The number of hydrazone groups is 1. The third-order valence-corrected chi connectivity index (χ3v) is 2.79. The number of anilines is 1. The van der Waals surface area contributed by atoms with Crippen LogP contribution >= 0.6 is 11.3 Å². The fourth-order valence-corrected chi connectivity index (χ4v) is 1.84. The van der Waals surface area contributed by atoms with Gasteiger partial charge in [-0.2, -0.15) is 10.4 Å². The van der Waals surface area contributed by atoms with E-state index in [-0.39, 0.29) is 6.61 Å². The molecule has 0 saturated heterocycles. The first-order valence-electron chi connectivity index (χ1n) is 5.20. The Labute approximate surface area is 113 Å². The van der Waals surface area contributed by atoms with Crippen LogP contribution in [0.15, 0.2) is 16.5 Å². The summed E-state index contributed by atoms with van der Waals surface area (Å²) in [4.78, 5) is 23.0. The van der Waals surface area contributed by atoms with Crippen molar-refractivity contribution in [2.75, 3.05) is 19.1 Å². The third-order valence-electron chi connectivity index (χ3n) is 1.90. The van der Waals surface area contributed by atoms with Gasteiger partial charge in [0.15, 0.2) is 0 Å². The normalized spacial score (nSPS) is 10.5. The fraction of sp³-hybridized carbons (Fsp3) is 0.273. The summed E-state index contributed by atoms with van der Waals surface area (Å²) in [5.41, 5.74) is 2.40. The van der Waals surface area contributed by atoms with Gasteiger partial charge in [0.25, 0.3) is 0 Å². The van der Waals surface area contributed by atoms with Gasteiger partial charge in [-0.25, -0.2) is 9.59 Å². The minimum absolute atomic E-state index is 0.144. The molecule has 7 nitrogen and oxygen atoms in total. The molecule has 0 spiro atoms. The Morgan fingerprint density at radius 3 is 2.89 bits per heavy atom. The number of nitrogens with zero attached hydrogens (tertiary/aromatic N) is 2. The molecule has 0 saturated carbocycles. The number of ether oxygens (including phenoxy) is 2. The highest BCUT2D eigenvalue weighted by molar-refractivity contribution is 7.12. The molecule has 8 heteroatoms. The molecule has 1 N–H and O–H groups in total. The number of carbonyl (C=O) groups is 2. The molecule has 100 valence electrons. The van der Waals surface area contributed by atoms with Crippen molar-refractivity contribution in [1.29, 1.82) is 5.26 Å². The Morgan fingerprint density at radius 2 is 2.32 bits per heavy atom. The van der Waals surface area contributed by atoms with Crippen LogP contribution in [0.2, 0.25) is 0 Å². The minimum atomic E-state index is -0.827. The molecule has 1 aromatic heterocycles. The summed E-state index contributed by atoms with van der Waals surface area (Å²) >= 11 is 1.15. The first-order chi connectivity index (χ1) is 9.13. The highest BCUT2D eigenvalue weighted by Gasteiger charge is 2.15. The van der Waals surface area contributed by atoms with E-state index in [1.165, 1.54) is 7.11 Å². The number of esters is 2. The third kappa shape index (κ3) is 3.79. The smallest absolute Gasteiger partial charge is 0.369 e. The van der Waals surface area contributed by atoms with E-state index in [1.54, 1.807) is 24.4 Å². The van der Waals surface area contributed by atoms with E-state index in [2.05, 4.69) is 20.0 Å². The monoisotopic (exact) mass is 281 g/mol.